The number of hydrogen-bond acceptors (Lipinski definition) is 4. The maximum atomic E-state index is 14.3. The van der Waals surface area contributed by atoms with Gasteiger partial charge in [-0.3, -0.25) is 4.79 Å². The van der Waals surface area contributed by atoms with Crippen molar-refractivity contribution < 1.29 is 27.1 Å². The minimum absolute atomic E-state index is 0.0340. The molecule has 3 heterocycles. The number of aromatic nitrogens is 1. The molecule has 29 heavy (non-hydrogen) atoms. The molecule has 4 rings (SSSR count). The van der Waals surface area contributed by atoms with Crippen molar-refractivity contribution in [2.75, 3.05) is 31.1 Å². The molecule has 1 aromatic carbocycles. The molecule has 2 aromatic rings. The van der Waals surface area contributed by atoms with E-state index in [4.69, 9.17) is 4.74 Å². The molecule has 5 nitrogen and oxygen atoms in total. The predicted octanol–water partition coefficient (Wildman–Crippen LogP) is 3.03. The van der Waals surface area contributed by atoms with Crippen molar-refractivity contribution in [3.8, 4) is 0 Å². The van der Waals surface area contributed by atoms with Crippen LogP contribution in [0.1, 0.15) is 16.7 Å². The zero-order chi connectivity index (χ0) is 20.6. The molecule has 1 aromatic heterocycles. The lowest BCUT2D eigenvalue weighted by Crippen LogP contribution is -2.52. The van der Waals surface area contributed by atoms with E-state index in [0.29, 0.717) is 25.4 Å². The molecule has 2 aliphatic heterocycles. The number of ether oxygens (including phenoxy) is 1. The van der Waals surface area contributed by atoms with Gasteiger partial charge in [-0.1, -0.05) is 24.3 Å². The number of amides is 1. The van der Waals surface area contributed by atoms with Crippen LogP contribution in [-0.2, 0) is 28.7 Å². The molecule has 2 aliphatic rings. The van der Waals surface area contributed by atoms with Gasteiger partial charge in [-0.15, -0.1) is 0 Å². The highest BCUT2D eigenvalue weighted by Crippen LogP contribution is 2.31. The third-order valence-corrected chi connectivity index (χ3v) is 5.23. The van der Waals surface area contributed by atoms with E-state index in [1.807, 2.05) is 24.3 Å². The Morgan fingerprint density at radius 2 is 1.93 bits per heavy atom. The van der Waals surface area contributed by atoms with Crippen LogP contribution in [0.4, 0.5) is 23.4 Å². The van der Waals surface area contributed by atoms with Crippen LogP contribution in [-0.4, -0.2) is 48.1 Å². The zero-order valence-electron chi connectivity index (χ0n) is 15.5. The molecule has 1 saturated heterocycles. The average molecular weight is 409 g/mol. The third kappa shape index (κ3) is 4.05. The van der Waals surface area contributed by atoms with E-state index in [1.54, 1.807) is 4.90 Å². The Labute approximate surface area is 164 Å². The van der Waals surface area contributed by atoms with Gasteiger partial charge in [-0.05, 0) is 23.6 Å². The van der Waals surface area contributed by atoms with Crippen LogP contribution in [0.5, 0.6) is 0 Å². The van der Waals surface area contributed by atoms with Gasteiger partial charge in [0.25, 0.3) is 5.91 Å². The fourth-order valence-corrected chi connectivity index (χ4v) is 3.70. The van der Waals surface area contributed by atoms with Crippen LogP contribution in [0.15, 0.2) is 36.5 Å². The molecule has 0 aliphatic carbocycles. The standard InChI is InChI=1S/C20H19F4N3O2/c21-16-9-15(20(22,23)24)10-25-18(16)26-7-8-29-17(12-26)19(28)27-6-5-13-3-1-2-4-14(13)11-27/h1-4,9-10,17H,5-8,11-12H2. The van der Waals surface area contributed by atoms with Crippen LogP contribution in [0.25, 0.3) is 0 Å². The number of carbonyl (C=O) groups excluding carboxylic acids is 1. The summed E-state index contributed by atoms with van der Waals surface area (Å²) in [5, 5.41) is 0. The summed E-state index contributed by atoms with van der Waals surface area (Å²) < 4.78 is 58.1. The Bertz CT molecular complexity index is 919. The van der Waals surface area contributed by atoms with Crippen molar-refractivity contribution in [1.82, 2.24) is 9.88 Å². The first kappa shape index (κ1) is 19.6. The van der Waals surface area contributed by atoms with Gasteiger partial charge in [0.05, 0.1) is 18.7 Å². The van der Waals surface area contributed by atoms with E-state index < -0.39 is 23.7 Å². The highest BCUT2D eigenvalue weighted by Gasteiger charge is 2.35. The number of hydrogen-bond donors (Lipinski definition) is 0. The molecule has 1 unspecified atom stereocenters. The fourth-order valence-electron chi connectivity index (χ4n) is 3.70. The normalized spacial score (nSPS) is 19.8. The minimum Gasteiger partial charge on any atom is -0.365 e. The third-order valence-electron chi connectivity index (χ3n) is 5.23. The van der Waals surface area contributed by atoms with Crippen LogP contribution >= 0.6 is 0 Å². The topological polar surface area (TPSA) is 45.7 Å². The van der Waals surface area contributed by atoms with Crippen LogP contribution < -0.4 is 4.90 Å². The average Bonchev–Trinajstić information content (AvgIpc) is 2.72. The van der Waals surface area contributed by atoms with Gasteiger partial charge in [0.15, 0.2) is 17.7 Å². The van der Waals surface area contributed by atoms with Gasteiger partial charge >= 0.3 is 6.18 Å². The number of pyridine rings is 1. The van der Waals surface area contributed by atoms with Crippen molar-refractivity contribution in [2.45, 2.75) is 25.2 Å². The largest absolute Gasteiger partial charge is 0.417 e. The number of morpholine rings is 1. The number of alkyl halides is 3. The Balaban J connectivity index is 1.47. The van der Waals surface area contributed by atoms with E-state index in [2.05, 4.69) is 4.98 Å². The fraction of sp³-hybridized carbons (Fsp3) is 0.400. The summed E-state index contributed by atoms with van der Waals surface area (Å²) in [5.41, 5.74) is 1.14. The summed E-state index contributed by atoms with van der Waals surface area (Å²) in [6.45, 7) is 1.46. The Kier molecular flexibility index (Phi) is 5.16. The number of fused-ring (bicyclic) bond motifs is 1. The first-order valence-electron chi connectivity index (χ1n) is 9.28. The lowest BCUT2D eigenvalue weighted by atomic mass is 9.99. The summed E-state index contributed by atoms with van der Waals surface area (Å²) >= 11 is 0. The number of nitrogens with zero attached hydrogens (tertiary/aromatic N) is 3. The smallest absolute Gasteiger partial charge is 0.365 e. The molecular formula is C20H19F4N3O2. The number of rotatable bonds is 2. The minimum atomic E-state index is -4.67. The molecule has 0 N–H and O–H groups in total. The summed E-state index contributed by atoms with van der Waals surface area (Å²) in [6, 6.07) is 8.32. The summed E-state index contributed by atoms with van der Waals surface area (Å²) in [5.74, 6) is -1.49. The number of halogens is 4. The lowest BCUT2D eigenvalue weighted by molar-refractivity contribution is -0.145. The van der Waals surface area contributed by atoms with E-state index in [0.717, 1.165) is 12.0 Å². The molecule has 1 atom stereocenters. The van der Waals surface area contributed by atoms with Gasteiger partial charge < -0.3 is 14.5 Å². The van der Waals surface area contributed by atoms with Gasteiger partial charge in [0.1, 0.15) is 0 Å². The molecule has 154 valence electrons. The number of anilines is 1. The van der Waals surface area contributed by atoms with Crippen molar-refractivity contribution >= 4 is 11.7 Å². The molecule has 1 fully saturated rings. The second-order valence-electron chi connectivity index (χ2n) is 7.11. The van der Waals surface area contributed by atoms with Crippen molar-refractivity contribution in [2.24, 2.45) is 0 Å². The van der Waals surface area contributed by atoms with Crippen LogP contribution in [0, 0.1) is 5.82 Å². The molecule has 0 radical (unpaired) electrons. The van der Waals surface area contributed by atoms with Crippen LogP contribution in [0.2, 0.25) is 0 Å². The summed E-state index contributed by atoms with van der Waals surface area (Å²) in [6.07, 6.45) is -4.14. The molecule has 0 spiro atoms. The van der Waals surface area contributed by atoms with E-state index >= 15 is 0 Å². The molecule has 0 bridgehead atoms. The molecule has 1 amide bonds. The first-order chi connectivity index (χ1) is 13.8. The van der Waals surface area contributed by atoms with Crippen LogP contribution in [0.3, 0.4) is 0 Å². The van der Waals surface area contributed by atoms with E-state index in [9.17, 15) is 22.4 Å². The summed E-state index contributed by atoms with van der Waals surface area (Å²) in [4.78, 5) is 19.7. The second-order valence-corrected chi connectivity index (χ2v) is 7.11. The molecule has 9 heteroatoms. The highest BCUT2D eigenvalue weighted by molar-refractivity contribution is 5.82. The summed E-state index contributed by atoms with van der Waals surface area (Å²) in [7, 11) is 0. The maximum absolute atomic E-state index is 14.3. The lowest BCUT2D eigenvalue weighted by Gasteiger charge is -2.37. The van der Waals surface area contributed by atoms with Gasteiger partial charge in [0, 0.05) is 25.8 Å². The Hall–Kier alpha value is -2.68. The Morgan fingerprint density at radius 3 is 2.66 bits per heavy atom. The van der Waals surface area contributed by atoms with Crippen molar-refractivity contribution in [3.05, 3.63) is 59.0 Å². The highest BCUT2D eigenvalue weighted by atomic mass is 19.4. The molecular weight excluding hydrogens is 390 g/mol. The quantitative estimate of drug-likeness (QED) is 0.716. The predicted molar refractivity (Wildman–Crippen MR) is 96.7 cm³/mol. The Morgan fingerprint density at radius 1 is 1.17 bits per heavy atom. The van der Waals surface area contributed by atoms with Crippen molar-refractivity contribution in [3.63, 3.8) is 0 Å². The van der Waals surface area contributed by atoms with Gasteiger partial charge in [-0.2, -0.15) is 13.2 Å². The van der Waals surface area contributed by atoms with E-state index in [-0.39, 0.29) is 31.4 Å². The molecule has 0 saturated carbocycles. The van der Waals surface area contributed by atoms with Crippen molar-refractivity contribution in [1.29, 1.82) is 0 Å². The SMILES string of the molecule is O=C(C1CN(c2ncc(C(F)(F)F)cc2F)CCO1)N1CCc2ccccc2C1. The second kappa shape index (κ2) is 7.62. The first-order valence-corrected chi connectivity index (χ1v) is 9.28. The number of carbonyl (C=O) groups is 1. The number of benzene rings is 1. The van der Waals surface area contributed by atoms with Gasteiger partial charge in [0.2, 0.25) is 0 Å². The maximum Gasteiger partial charge on any atom is 0.417 e. The van der Waals surface area contributed by atoms with E-state index in [1.165, 1.54) is 10.5 Å². The van der Waals surface area contributed by atoms with Gasteiger partial charge in [-0.25, -0.2) is 9.37 Å². The zero-order valence-corrected chi connectivity index (χ0v) is 15.5. The monoisotopic (exact) mass is 409 g/mol.